The van der Waals surface area contributed by atoms with Gasteiger partial charge in [-0.25, -0.2) is 4.98 Å². The van der Waals surface area contributed by atoms with E-state index in [9.17, 15) is 9.59 Å². The van der Waals surface area contributed by atoms with Crippen LogP contribution in [0.1, 0.15) is 41.9 Å². The smallest absolute Gasteiger partial charge is 0.273 e. The molecule has 1 saturated heterocycles. The molecule has 0 radical (unpaired) electrons. The van der Waals surface area contributed by atoms with Crippen LogP contribution in [0.5, 0.6) is 0 Å². The van der Waals surface area contributed by atoms with Gasteiger partial charge in [0.25, 0.3) is 5.91 Å². The first-order chi connectivity index (χ1) is 11.1. The van der Waals surface area contributed by atoms with Gasteiger partial charge in [0, 0.05) is 23.9 Å². The summed E-state index contributed by atoms with van der Waals surface area (Å²) in [6, 6.07) is 7.59. The second kappa shape index (κ2) is 6.68. The Bertz CT molecular complexity index is 746. The van der Waals surface area contributed by atoms with Gasteiger partial charge in [-0.3, -0.25) is 9.59 Å². The van der Waals surface area contributed by atoms with Gasteiger partial charge >= 0.3 is 0 Å². The molecule has 23 heavy (non-hydrogen) atoms. The second-order valence-corrected chi connectivity index (χ2v) is 6.66. The van der Waals surface area contributed by atoms with Gasteiger partial charge in [0.2, 0.25) is 5.91 Å². The number of hydrogen-bond acceptors (Lipinski definition) is 4. The van der Waals surface area contributed by atoms with Crippen molar-refractivity contribution in [2.45, 2.75) is 25.8 Å². The van der Waals surface area contributed by atoms with Crippen LogP contribution in [0.25, 0.3) is 0 Å². The third kappa shape index (κ3) is 3.38. The monoisotopic (exact) mass is 349 g/mol. The van der Waals surface area contributed by atoms with E-state index in [1.807, 2.05) is 29.2 Å². The Morgan fingerprint density at radius 3 is 2.91 bits per heavy atom. The fourth-order valence-corrected chi connectivity index (χ4v) is 3.80. The molecule has 2 amide bonds. The Hall–Kier alpha value is -1.92. The molecular formula is C16H16ClN3O2S. The van der Waals surface area contributed by atoms with E-state index in [1.165, 1.54) is 18.3 Å². The Morgan fingerprint density at radius 2 is 2.17 bits per heavy atom. The predicted molar refractivity (Wildman–Crippen MR) is 90.9 cm³/mol. The highest BCUT2D eigenvalue weighted by atomic mass is 35.5. The molecule has 1 aliphatic heterocycles. The fraction of sp³-hybridized carbons (Fsp3) is 0.312. The summed E-state index contributed by atoms with van der Waals surface area (Å²) < 4.78 is 0. The van der Waals surface area contributed by atoms with Gasteiger partial charge in [0.15, 0.2) is 5.13 Å². The van der Waals surface area contributed by atoms with Crippen LogP contribution in [0.4, 0.5) is 5.13 Å². The van der Waals surface area contributed by atoms with E-state index in [2.05, 4.69) is 10.3 Å². The number of rotatable bonds is 3. The van der Waals surface area contributed by atoms with E-state index >= 15 is 0 Å². The fourth-order valence-electron chi connectivity index (χ4n) is 2.81. The summed E-state index contributed by atoms with van der Waals surface area (Å²) in [5.74, 6) is -0.325. The second-order valence-electron chi connectivity index (χ2n) is 5.40. The van der Waals surface area contributed by atoms with Crippen molar-refractivity contribution in [3.8, 4) is 0 Å². The number of thiazole rings is 1. The molecule has 0 bridgehead atoms. The lowest BCUT2D eigenvalue weighted by molar-refractivity contribution is -0.114. The largest absolute Gasteiger partial charge is 0.330 e. The van der Waals surface area contributed by atoms with Crippen molar-refractivity contribution in [1.82, 2.24) is 9.88 Å². The van der Waals surface area contributed by atoms with Crippen LogP contribution in [0.3, 0.4) is 0 Å². The van der Waals surface area contributed by atoms with Crippen molar-refractivity contribution in [2.24, 2.45) is 0 Å². The minimum Gasteiger partial charge on any atom is -0.330 e. The van der Waals surface area contributed by atoms with E-state index in [0.717, 1.165) is 18.4 Å². The molecule has 0 saturated carbocycles. The molecule has 5 nitrogen and oxygen atoms in total. The molecule has 120 valence electrons. The zero-order valence-corrected chi connectivity index (χ0v) is 14.2. The minimum absolute atomic E-state index is 0.0258. The molecule has 0 aliphatic carbocycles. The molecule has 2 aromatic rings. The summed E-state index contributed by atoms with van der Waals surface area (Å²) >= 11 is 7.53. The Balaban J connectivity index is 1.82. The summed E-state index contributed by atoms with van der Waals surface area (Å²) in [6.45, 7) is 2.10. The average Bonchev–Trinajstić information content (AvgIpc) is 3.15. The van der Waals surface area contributed by atoms with E-state index in [1.54, 1.807) is 5.38 Å². The van der Waals surface area contributed by atoms with E-state index in [0.29, 0.717) is 22.4 Å². The lowest BCUT2D eigenvalue weighted by atomic mass is 10.0. The standard InChI is InChI=1S/C16H16ClN3O2S/c1-10(21)18-16-19-13(9-23-16)15(22)20-8-4-7-14(20)11-5-2-3-6-12(11)17/h2-3,5-6,9,14H,4,7-8H2,1H3,(H,18,19,21)/t14-/m0/s1. The number of nitrogens with one attached hydrogen (secondary N) is 1. The summed E-state index contributed by atoms with van der Waals surface area (Å²) in [4.78, 5) is 29.8. The number of nitrogens with zero attached hydrogens (tertiary/aromatic N) is 2. The van der Waals surface area contributed by atoms with Crippen molar-refractivity contribution >= 4 is 39.9 Å². The zero-order chi connectivity index (χ0) is 16.4. The van der Waals surface area contributed by atoms with Crippen molar-refractivity contribution in [1.29, 1.82) is 0 Å². The summed E-state index contributed by atoms with van der Waals surface area (Å²) in [7, 11) is 0. The van der Waals surface area contributed by atoms with E-state index < -0.39 is 0 Å². The number of carbonyl (C=O) groups excluding carboxylic acids is 2. The molecule has 2 heterocycles. The third-order valence-corrected chi connectivity index (χ3v) is 4.89. The van der Waals surface area contributed by atoms with Crippen molar-refractivity contribution in [3.05, 3.63) is 45.9 Å². The van der Waals surface area contributed by atoms with Gasteiger partial charge in [-0.15, -0.1) is 11.3 Å². The number of carbonyl (C=O) groups is 2. The summed E-state index contributed by atoms with van der Waals surface area (Å²) in [6.07, 6.45) is 1.82. The first-order valence-electron chi connectivity index (χ1n) is 7.35. The SMILES string of the molecule is CC(=O)Nc1nc(C(=O)N2CCC[C@H]2c2ccccc2Cl)cs1. The maximum absolute atomic E-state index is 12.8. The highest BCUT2D eigenvalue weighted by Crippen LogP contribution is 2.36. The van der Waals surface area contributed by atoms with Gasteiger partial charge in [-0.1, -0.05) is 29.8 Å². The maximum atomic E-state index is 12.8. The quantitative estimate of drug-likeness (QED) is 0.918. The van der Waals surface area contributed by atoms with Crippen LogP contribution in [-0.4, -0.2) is 28.2 Å². The number of hydrogen-bond donors (Lipinski definition) is 1. The summed E-state index contributed by atoms with van der Waals surface area (Å²) in [5.41, 5.74) is 1.33. The third-order valence-electron chi connectivity index (χ3n) is 3.78. The highest BCUT2D eigenvalue weighted by molar-refractivity contribution is 7.14. The van der Waals surface area contributed by atoms with Crippen LogP contribution < -0.4 is 5.32 Å². The number of anilines is 1. The topological polar surface area (TPSA) is 62.3 Å². The van der Waals surface area contributed by atoms with Crippen LogP contribution in [-0.2, 0) is 4.79 Å². The Kier molecular flexibility index (Phi) is 4.63. The molecule has 1 aliphatic rings. The van der Waals surface area contributed by atoms with Gasteiger partial charge in [-0.05, 0) is 24.5 Å². The normalized spacial score (nSPS) is 17.3. The lowest BCUT2D eigenvalue weighted by Crippen LogP contribution is -2.31. The minimum atomic E-state index is -0.200. The molecule has 0 unspecified atom stereocenters. The van der Waals surface area contributed by atoms with E-state index in [-0.39, 0.29) is 17.9 Å². The molecule has 1 fully saturated rings. The molecule has 1 N–H and O–H groups in total. The molecule has 0 spiro atoms. The molecule has 1 aromatic heterocycles. The van der Waals surface area contributed by atoms with Crippen molar-refractivity contribution < 1.29 is 9.59 Å². The Morgan fingerprint density at radius 1 is 1.39 bits per heavy atom. The first-order valence-corrected chi connectivity index (χ1v) is 8.60. The van der Waals surface area contributed by atoms with Gasteiger partial charge in [-0.2, -0.15) is 0 Å². The number of halogens is 1. The van der Waals surface area contributed by atoms with Gasteiger partial charge < -0.3 is 10.2 Å². The zero-order valence-electron chi connectivity index (χ0n) is 12.6. The number of amides is 2. The van der Waals surface area contributed by atoms with Crippen LogP contribution in [0, 0.1) is 0 Å². The van der Waals surface area contributed by atoms with Gasteiger partial charge in [0.05, 0.1) is 6.04 Å². The molecule has 1 atom stereocenters. The molecule has 3 rings (SSSR count). The number of likely N-dealkylation sites (tertiary alicyclic amines) is 1. The summed E-state index contributed by atoms with van der Waals surface area (Å²) in [5, 5.41) is 5.39. The van der Waals surface area contributed by atoms with Gasteiger partial charge in [0.1, 0.15) is 5.69 Å². The lowest BCUT2D eigenvalue weighted by Gasteiger charge is -2.25. The maximum Gasteiger partial charge on any atom is 0.273 e. The predicted octanol–water partition coefficient (Wildman–Crippen LogP) is 3.73. The molecule has 7 heteroatoms. The average molecular weight is 350 g/mol. The van der Waals surface area contributed by atoms with Crippen LogP contribution in [0.2, 0.25) is 5.02 Å². The molecule has 1 aromatic carbocycles. The van der Waals surface area contributed by atoms with Crippen molar-refractivity contribution in [2.75, 3.05) is 11.9 Å². The Labute approximate surface area is 143 Å². The van der Waals surface area contributed by atoms with Crippen LogP contribution in [0.15, 0.2) is 29.6 Å². The van der Waals surface area contributed by atoms with E-state index in [4.69, 9.17) is 11.6 Å². The highest BCUT2D eigenvalue weighted by Gasteiger charge is 2.32. The number of benzene rings is 1. The first kappa shape index (κ1) is 16.0. The van der Waals surface area contributed by atoms with Crippen LogP contribution >= 0.6 is 22.9 Å². The number of aromatic nitrogens is 1. The molecular weight excluding hydrogens is 334 g/mol. The van der Waals surface area contributed by atoms with Crippen molar-refractivity contribution in [3.63, 3.8) is 0 Å².